The van der Waals surface area contributed by atoms with Crippen molar-refractivity contribution in [3.63, 3.8) is 0 Å². The average Bonchev–Trinajstić information content (AvgIpc) is 2.65. The van der Waals surface area contributed by atoms with Crippen LogP contribution >= 0.6 is 12.6 Å². The molecule has 0 bridgehead atoms. The molecule has 2 aromatic carbocycles. The molecule has 2 aromatic rings. The first-order chi connectivity index (χ1) is 13.4. The Bertz CT molecular complexity index is 908. The highest BCUT2D eigenvalue weighted by Crippen LogP contribution is 2.36. The Kier molecular flexibility index (Phi) is 6.64. The number of nitrogens with zero attached hydrogens (tertiary/aromatic N) is 1. The second-order valence-electron chi connectivity index (χ2n) is 7.84. The molecule has 1 N–H and O–H groups in total. The van der Waals surface area contributed by atoms with Crippen LogP contribution in [-0.2, 0) is 10.7 Å². The Morgan fingerprint density at radius 1 is 1.10 bits per heavy atom. The van der Waals surface area contributed by atoms with Gasteiger partial charge < -0.3 is 10.1 Å². The maximum absolute atomic E-state index is 14.3. The van der Waals surface area contributed by atoms with Gasteiger partial charge in [-0.3, -0.25) is 0 Å². The second-order valence-corrected chi connectivity index (χ2v) is 8.68. The predicted molar refractivity (Wildman–Crippen MR) is 116 cm³/mol. The van der Waals surface area contributed by atoms with E-state index in [1.807, 2.05) is 0 Å². The van der Waals surface area contributed by atoms with E-state index in [2.05, 4.69) is 30.6 Å². The van der Waals surface area contributed by atoms with Crippen molar-refractivity contribution in [1.82, 2.24) is 5.32 Å². The maximum atomic E-state index is 14.3. The van der Waals surface area contributed by atoms with Gasteiger partial charge in [0.1, 0.15) is 18.0 Å². The monoisotopic (exact) mass is 416 g/mol. The lowest BCUT2D eigenvalue weighted by molar-refractivity contribution is 0.221. The Morgan fingerprint density at radius 2 is 1.69 bits per heavy atom. The third-order valence-electron chi connectivity index (χ3n) is 4.49. The van der Waals surface area contributed by atoms with Gasteiger partial charge in [-0.25, -0.2) is 8.78 Å². The van der Waals surface area contributed by atoms with E-state index in [1.165, 1.54) is 20.8 Å². The molecule has 0 fully saturated rings. The number of alkyl halides is 2. The topological polar surface area (TPSA) is 45.0 Å². The Hall–Kier alpha value is -2.52. The van der Waals surface area contributed by atoms with Crippen LogP contribution in [0.3, 0.4) is 0 Å². The van der Waals surface area contributed by atoms with Crippen LogP contribution in [0.25, 0.3) is 5.70 Å². The number of nitriles is 1. The van der Waals surface area contributed by atoms with Crippen molar-refractivity contribution in [3.05, 3.63) is 71.8 Å². The van der Waals surface area contributed by atoms with Gasteiger partial charge in [-0.2, -0.15) is 5.26 Å². The van der Waals surface area contributed by atoms with Crippen LogP contribution in [0.4, 0.5) is 8.78 Å². The van der Waals surface area contributed by atoms with Crippen molar-refractivity contribution in [2.75, 3.05) is 6.61 Å². The minimum atomic E-state index is -1.87. The molecule has 0 aliphatic heterocycles. The summed E-state index contributed by atoms with van der Waals surface area (Å²) >= 11 is 3.97. The summed E-state index contributed by atoms with van der Waals surface area (Å²) in [6, 6.07) is 15.7. The van der Waals surface area contributed by atoms with E-state index >= 15 is 0 Å². The first-order valence-corrected chi connectivity index (χ1v) is 9.62. The van der Waals surface area contributed by atoms with Crippen molar-refractivity contribution < 1.29 is 13.5 Å². The molecule has 0 amide bonds. The minimum absolute atomic E-state index is 0.0427. The third kappa shape index (κ3) is 5.98. The molecule has 0 aliphatic rings. The summed E-state index contributed by atoms with van der Waals surface area (Å²) in [5.41, 5.74) is -0.491. The number of thiol groups is 1. The van der Waals surface area contributed by atoms with E-state index in [4.69, 9.17) is 4.74 Å². The second kappa shape index (κ2) is 8.46. The Balaban J connectivity index is 2.13. The molecular formula is C23H26F2N2OS. The molecule has 6 heteroatoms. The predicted octanol–water partition coefficient (Wildman–Crippen LogP) is 5.88. The number of para-hydroxylation sites is 1. The standard InChI is InChI=1S/C23H26F2N2OS/c1-16(17-10-12-18(13-11-17)21(2,3)24)27-22(4,14-26)15-28-20-9-7-6-8-19(20)23(5,25)29/h6-13,27,29H,1,15H2,2-5H3. The fraction of sp³-hybridized carbons (Fsp3) is 0.348. The van der Waals surface area contributed by atoms with Crippen LogP contribution in [0.15, 0.2) is 55.1 Å². The highest BCUT2D eigenvalue weighted by Gasteiger charge is 2.29. The highest BCUT2D eigenvalue weighted by molar-refractivity contribution is 7.81. The number of ether oxygens (including phenoxy) is 1. The van der Waals surface area contributed by atoms with Crippen LogP contribution < -0.4 is 10.1 Å². The van der Waals surface area contributed by atoms with Gasteiger partial charge in [0, 0.05) is 11.3 Å². The van der Waals surface area contributed by atoms with Gasteiger partial charge in [-0.15, -0.1) is 12.6 Å². The first-order valence-electron chi connectivity index (χ1n) is 9.17. The largest absolute Gasteiger partial charge is 0.490 e. The SMILES string of the molecule is C=C(NC(C)(C#N)COc1ccccc1C(C)(F)S)c1ccc(C(C)(C)F)cc1. The van der Waals surface area contributed by atoms with Gasteiger partial charge in [0.05, 0.1) is 6.07 Å². The van der Waals surface area contributed by atoms with Crippen molar-refractivity contribution in [2.45, 2.75) is 43.9 Å². The normalized spacial score (nSPS) is 15.5. The first kappa shape index (κ1) is 22.8. The molecule has 154 valence electrons. The summed E-state index contributed by atoms with van der Waals surface area (Å²) in [7, 11) is 0. The summed E-state index contributed by atoms with van der Waals surface area (Å²) in [6.07, 6.45) is 0. The minimum Gasteiger partial charge on any atom is -0.490 e. The fourth-order valence-corrected chi connectivity index (χ4v) is 2.95. The number of nitrogens with one attached hydrogen (secondary N) is 1. The molecule has 2 atom stereocenters. The summed E-state index contributed by atoms with van der Waals surface area (Å²) in [4.78, 5) is 0. The molecule has 0 aromatic heterocycles. The molecule has 0 aliphatic carbocycles. The fourth-order valence-electron chi connectivity index (χ4n) is 2.76. The van der Waals surface area contributed by atoms with Gasteiger partial charge in [0.15, 0.2) is 10.5 Å². The smallest absolute Gasteiger partial charge is 0.179 e. The molecule has 2 rings (SSSR count). The number of halogens is 2. The number of hydrogen-bond donors (Lipinski definition) is 2. The van der Waals surface area contributed by atoms with Gasteiger partial charge in [-0.05, 0) is 44.9 Å². The van der Waals surface area contributed by atoms with E-state index < -0.39 is 16.2 Å². The van der Waals surface area contributed by atoms with E-state index in [1.54, 1.807) is 55.5 Å². The molecule has 29 heavy (non-hydrogen) atoms. The molecule has 3 nitrogen and oxygen atoms in total. The van der Waals surface area contributed by atoms with Gasteiger partial charge in [-0.1, -0.05) is 49.0 Å². The van der Waals surface area contributed by atoms with Crippen LogP contribution in [0, 0.1) is 11.3 Å². The van der Waals surface area contributed by atoms with Gasteiger partial charge in [0.25, 0.3) is 0 Å². The molecule has 0 heterocycles. The lowest BCUT2D eigenvalue weighted by Gasteiger charge is -2.27. The van der Waals surface area contributed by atoms with Crippen molar-refractivity contribution in [1.29, 1.82) is 5.26 Å². The van der Waals surface area contributed by atoms with Crippen LogP contribution in [0.5, 0.6) is 5.75 Å². The van der Waals surface area contributed by atoms with Crippen LogP contribution in [-0.4, -0.2) is 12.1 Å². The van der Waals surface area contributed by atoms with Crippen LogP contribution in [0.2, 0.25) is 0 Å². The van der Waals surface area contributed by atoms with Gasteiger partial charge in [0.2, 0.25) is 0 Å². The number of hydrogen-bond acceptors (Lipinski definition) is 4. The van der Waals surface area contributed by atoms with Crippen LogP contribution in [0.1, 0.15) is 44.4 Å². The highest BCUT2D eigenvalue weighted by atomic mass is 32.1. The molecule has 0 saturated carbocycles. The maximum Gasteiger partial charge on any atom is 0.179 e. The summed E-state index contributed by atoms with van der Waals surface area (Å²) < 4.78 is 34.1. The van der Waals surface area contributed by atoms with E-state index in [0.29, 0.717) is 17.0 Å². The molecule has 2 unspecified atom stereocenters. The third-order valence-corrected chi connectivity index (χ3v) is 4.73. The number of benzene rings is 2. The number of rotatable bonds is 8. The van der Waals surface area contributed by atoms with E-state index in [9.17, 15) is 14.0 Å². The zero-order valence-electron chi connectivity index (χ0n) is 17.1. The molecular weight excluding hydrogens is 390 g/mol. The van der Waals surface area contributed by atoms with E-state index in [-0.39, 0.29) is 12.2 Å². The molecule has 0 radical (unpaired) electrons. The summed E-state index contributed by atoms with van der Waals surface area (Å²) in [6.45, 7) is 9.90. The molecule has 0 spiro atoms. The summed E-state index contributed by atoms with van der Waals surface area (Å²) in [5, 5.41) is 10.9. The van der Waals surface area contributed by atoms with Crippen molar-refractivity contribution >= 4 is 18.3 Å². The molecule has 0 saturated heterocycles. The lowest BCUT2D eigenvalue weighted by atomic mass is 9.97. The van der Waals surface area contributed by atoms with E-state index in [0.717, 1.165) is 5.56 Å². The lowest BCUT2D eigenvalue weighted by Crippen LogP contribution is -2.45. The Labute approximate surface area is 176 Å². The average molecular weight is 417 g/mol. The zero-order chi connectivity index (χ0) is 21.9. The van der Waals surface area contributed by atoms with Crippen molar-refractivity contribution in [3.8, 4) is 11.8 Å². The Morgan fingerprint density at radius 3 is 2.21 bits per heavy atom. The van der Waals surface area contributed by atoms with Crippen molar-refractivity contribution in [2.24, 2.45) is 0 Å². The summed E-state index contributed by atoms with van der Waals surface area (Å²) in [5.74, 6) is 0.316. The van der Waals surface area contributed by atoms with Gasteiger partial charge >= 0.3 is 0 Å². The zero-order valence-corrected chi connectivity index (χ0v) is 18.0. The quantitative estimate of drug-likeness (QED) is 0.528.